The van der Waals surface area contributed by atoms with Crippen LogP contribution in [0.5, 0.6) is 0 Å². The number of carbonyl (C=O) groups excluding carboxylic acids is 1. The van der Waals surface area contributed by atoms with Gasteiger partial charge in [0.1, 0.15) is 12.4 Å². The van der Waals surface area contributed by atoms with Crippen molar-refractivity contribution in [2.45, 2.75) is 26.3 Å². The highest BCUT2D eigenvalue weighted by molar-refractivity contribution is 5.84. The third kappa shape index (κ3) is 3.22. The largest absolute Gasteiger partial charge is 0.378 e. The molecule has 1 saturated heterocycles. The zero-order valence-corrected chi connectivity index (χ0v) is 11.7. The summed E-state index contributed by atoms with van der Waals surface area (Å²) in [7, 11) is 0. The average Bonchev–Trinajstić information content (AvgIpc) is 2.49. The lowest BCUT2D eigenvalue weighted by Crippen LogP contribution is -2.47. The summed E-state index contributed by atoms with van der Waals surface area (Å²) < 4.78 is 19.2. The van der Waals surface area contributed by atoms with Gasteiger partial charge in [-0.05, 0) is 13.3 Å². The fourth-order valence-corrected chi connectivity index (χ4v) is 2.08. The fraction of sp³-hybridized carbons (Fsp3) is 0.615. The Kier molecular flexibility index (Phi) is 4.84. The average molecular weight is 282 g/mol. The third-order valence-electron chi connectivity index (χ3n) is 3.24. The Bertz CT molecular complexity index is 477. The molecule has 0 saturated carbocycles. The maximum Gasteiger partial charge on any atom is 0.244 e. The first-order chi connectivity index (χ1) is 9.63. The van der Waals surface area contributed by atoms with Crippen LogP contribution in [-0.4, -0.2) is 53.1 Å². The number of carbonyl (C=O) groups is 1. The second kappa shape index (κ2) is 6.60. The summed E-state index contributed by atoms with van der Waals surface area (Å²) >= 11 is 0. The highest BCUT2D eigenvalue weighted by Crippen LogP contribution is 2.15. The predicted molar refractivity (Wildman–Crippen MR) is 71.9 cm³/mol. The summed E-state index contributed by atoms with van der Waals surface area (Å²) in [5.74, 6) is -0.494. The highest BCUT2D eigenvalue weighted by atomic mass is 19.1. The second-order valence-corrected chi connectivity index (χ2v) is 4.64. The lowest BCUT2D eigenvalue weighted by atomic mass is 10.2. The maximum atomic E-state index is 14.0. The van der Waals surface area contributed by atoms with Crippen molar-refractivity contribution in [1.82, 2.24) is 14.9 Å². The first-order valence-corrected chi connectivity index (χ1v) is 6.76. The molecule has 0 aromatic carbocycles. The monoisotopic (exact) mass is 282 g/mol. The lowest BCUT2D eigenvalue weighted by Gasteiger charge is -2.29. The van der Waals surface area contributed by atoms with E-state index in [-0.39, 0.29) is 11.7 Å². The number of amides is 1. The van der Waals surface area contributed by atoms with Crippen molar-refractivity contribution in [1.29, 1.82) is 0 Å². The Hall–Kier alpha value is -1.76. The van der Waals surface area contributed by atoms with Gasteiger partial charge in [-0.3, -0.25) is 4.79 Å². The van der Waals surface area contributed by atoms with Gasteiger partial charge in [-0.1, -0.05) is 6.92 Å². The van der Waals surface area contributed by atoms with Crippen LogP contribution in [0, 0.1) is 5.82 Å². The third-order valence-corrected chi connectivity index (χ3v) is 3.24. The van der Waals surface area contributed by atoms with Crippen LogP contribution in [0.2, 0.25) is 0 Å². The van der Waals surface area contributed by atoms with Crippen LogP contribution in [0.25, 0.3) is 0 Å². The molecule has 0 spiro atoms. The molecule has 7 heteroatoms. The first kappa shape index (κ1) is 14.6. The van der Waals surface area contributed by atoms with E-state index in [9.17, 15) is 9.18 Å². The normalized spacial score (nSPS) is 16.9. The van der Waals surface area contributed by atoms with Crippen LogP contribution in [0.3, 0.4) is 0 Å². The SMILES string of the molecule is CCc1ncnc(NC(C)C(=O)N2CCOCC2)c1F. The predicted octanol–water partition coefficient (Wildman–Crippen LogP) is 0.837. The molecule has 1 aliphatic heterocycles. The zero-order chi connectivity index (χ0) is 14.5. The van der Waals surface area contributed by atoms with Crippen molar-refractivity contribution in [3.8, 4) is 0 Å². The highest BCUT2D eigenvalue weighted by Gasteiger charge is 2.23. The number of nitrogens with zero attached hydrogens (tertiary/aromatic N) is 3. The Balaban J connectivity index is 2.03. The Morgan fingerprint density at radius 1 is 1.50 bits per heavy atom. The number of rotatable bonds is 4. The molecule has 1 aromatic heterocycles. The van der Waals surface area contributed by atoms with Gasteiger partial charge >= 0.3 is 0 Å². The van der Waals surface area contributed by atoms with E-state index in [4.69, 9.17) is 4.74 Å². The quantitative estimate of drug-likeness (QED) is 0.886. The van der Waals surface area contributed by atoms with Crippen LogP contribution >= 0.6 is 0 Å². The second-order valence-electron chi connectivity index (χ2n) is 4.64. The van der Waals surface area contributed by atoms with E-state index in [0.29, 0.717) is 38.4 Å². The summed E-state index contributed by atoms with van der Waals surface area (Å²) in [6.45, 7) is 5.73. The number of hydrogen-bond acceptors (Lipinski definition) is 5. The van der Waals surface area contributed by atoms with Crippen molar-refractivity contribution in [3.05, 3.63) is 17.8 Å². The van der Waals surface area contributed by atoms with Crippen molar-refractivity contribution in [2.75, 3.05) is 31.6 Å². The molecule has 1 fully saturated rings. The van der Waals surface area contributed by atoms with Crippen LogP contribution in [0.15, 0.2) is 6.33 Å². The van der Waals surface area contributed by atoms with Crippen molar-refractivity contribution >= 4 is 11.7 Å². The van der Waals surface area contributed by atoms with Crippen LogP contribution in [0.4, 0.5) is 10.2 Å². The number of morpholine rings is 1. The van der Waals surface area contributed by atoms with Gasteiger partial charge in [-0.15, -0.1) is 0 Å². The minimum atomic E-state index is -0.540. The molecule has 1 unspecified atom stereocenters. The van der Waals surface area contributed by atoms with Crippen LogP contribution < -0.4 is 5.32 Å². The van der Waals surface area contributed by atoms with E-state index >= 15 is 0 Å². The topological polar surface area (TPSA) is 67.4 Å². The van der Waals surface area contributed by atoms with Crippen molar-refractivity contribution in [3.63, 3.8) is 0 Å². The van der Waals surface area contributed by atoms with E-state index in [1.807, 2.05) is 6.92 Å². The molecule has 1 N–H and O–H groups in total. The molecule has 0 aliphatic carbocycles. The molecule has 0 radical (unpaired) electrons. The molecular formula is C13H19FN4O2. The summed E-state index contributed by atoms with van der Waals surface area (Å²) in [6.07, 6.45) is 1.78. The van der Waals surface area contributed by atoms with E-state index in [1.54, 1.807) is 11.8 Å². The number of aryl methyl sites for hydroxylation is 1. The molecule has 0 bridgehead atoms. The Labute approximate surface area is 117 Å². The maximum absolute atomic E-state index is 14.0. The van der Waals surface area contributed by atoms with E-state index < -0.39 is 11.9 Å². The first-order valence-electron chi connectivity index (χ1n) is 6.76. The Morgan fingerprint density at radius 3 is 2.85 bits per heavy atom. The molecule has 2 rings (SSSR count). The molecule has 1 aliphatic rings. The number of hydrogen-bond donors (Lipinski definition) is 1. The summed E-state index contributed by atoms with van der Waals surface area (Å²) in [6, 6.07) is -0.540. The van der Waals surface area contributed by atoms with E-state index in [0.717, 1.165) is 0 Å². The minimum Gasteiger partial charge on any atom is -0.378 e. The summed E-state index contributed by atoms with van der Waals surface area (Å²) in [5.41, 5.74) is 0.341. The van der Waals surface area contributed by atoms with Crippen LogP contribution in [-0.2, 0) is 16.0 Å². The standard InChI is InChI=1S/C13H19FN4O2/c1-3-10-11(14)12(16-8-15-10)17-9(2)13(19)18-4-6-20-7-5-18/h8-9H,3-7H2,1-2H3,(H,15,16,17). The number of anilines is 1. The van der Waals surface area contributed by atoms with Gasteiger partial charge in [-0.2, -0.15) is 0 Å². The van der Waals surface area contributed by atoms with Crippen LogP contribution in [0.1, 0.15) is 19.5 Å². The number of aromatic nitrogens is 2. The molecular weight excluding hydrogens is 263 g/mol. The molecule has 110 valence electrons. The molecule has 1 amide bonds. The van der Waals surface area contributed by atoms with Gasteiger partial charge in [0.2, 0.25) is 5.91 Å². The Morgan fingerprint density at radius 2 is 2.20 bits per heavy atom. The molecule has 20 heavy (non-hydrogen) atoms. The molecule has 1 atom stereocenters. The minimum absolute atomic E-state index is 0.0750. The zero-order valence-electron chi connectivity index (χ0n) is 11.7. The molecule has 2 heterocycles. The molecule has 1 aromatic rings. The number of halogens is 1. The smallest absolute Gasteiger partial charge is 0.244 e. The number of ether oxygens (including phenoxy) is 1. The van der Waals surface area contributed by atoms with Gasteiger partial charge in [0.05, 0.1) is 18.9 Å². The van der Waals surface area contributed by atoms with Crippen molar-refractivity contribution < 1.29 is 13.9 Å². The summed E-state index contributed by atoms with van der Waals surface area (Å²) in [4.78, 5) is 21.6. The fourth-order valence-electron chi connectivity index (χ4n) is 2.08. The van der Waals surface area contributed by atoms with Gasteiger partial charge in [0.15, 0.2) is 11.6 Å². The van der Waals surface area contributed by atoms with Gasteiger partial charge in [-0.25, -0.2) is 14.4 Å². The van der Waals surface area contributed by atoms with E-state index in [1.165, 1.54) is 6.33 Å². The van der Waals surface area contributed by atoms with Gasteiger partial charge < -0.3 is 15.0 Å². The van der Waals surface area contributed by atoms with Gasteiger partial charge in [0.25, 0.3) is 0 Å². The van der Waals surface area contributed by atoms with Crippen molar-refractivity contribution in [2.24, 2.45) is 0 Å². The number of nitrogens with one attached hydrogen (secondary N) is 1. The lowest BCUT2D eigenvalue weighted by molar-refractivity contribution is -0.135. The summed E-state index contributed by atoms with van der Waals surface area (Å²) in [5, 5.41) is 2.82. The molecule has 6 nitrogen and oxygen atoms in total. The van der Waals surface area contributed by atoms with E-state index in [2.05, 4.69) is 15.3 Å². The van der Waals surface area contributed by atoms with Gasteiger partial charge in [0, 0.05) is 13.1 Å².